The first-order chi connectivity index (χ1) is 20.7. The van der Waals surface area contributed by atoms with Crippen molar-refractivity contribution < 1.29 is 23.9 Å². The predicted octanol–water partition coefficient (Wildman–Crippen LogP) is 5.40. The molecule has 1 saturated heterocycles. The number of nitrogens with zero attached hydrogens (tertiary/aromatic N) is 4. The van der Waals surface area contributed by atoms with E-state index in [9.17, 15) is 14.4 Å². The lowest BCUT2D eigenvalue weighted by Crippen LogP contribution is -2.50. The summed E-state index contributed by atoms with van der Waals surface area (Å²) in [7, 11) is 0. The van der Waals surface area contributed by atoms with Crippen LogP contribution >= 0.6 is 0 Å². The number of ether oxygens (including phenoxy) is 2. The van der Waals surface area contributed by atoms with Gasteiger partial charge in [0.25, 0.3) is 5.91 Å². The highest BCUT2D eigenvalue weighted by Crippen LogP contribution is 2.39. The zero-order chi connectivity index (χ0) is 29.9. The number of nitrogens with one attached hydrogen (secondary N) is 1. The molecule has 7 rings (SSSR count). The van der Waals surface area contributed by atoms with E-state index in [2.05, 4.69) is 20.5 Å². The van der Waals surface area contributed by atoms with E-state index in [-0.39, 0.29) is 11.9 Å². The van der Waals surface area contributed by atoms with Gasteiger partial charge in [-0.15, -0.1) is 0 Å². The molecule has 4 heterocycles. The maximum Gasteiger partial charge on any atom is 0.407 e. The first kappa shape index (κ1) is 27.5. The minimum absolute atomic E-state index is 0.108. The van der Waals surface area contributed by atoms with E-state index >= 15 is 0 Å². The number of piperidine rings is 1. The number of amides is 2. The summed E-state index contributed by atoms with van der Waals surface area (Å²) in [5, 5.41) is 4.00. The zero-order valence-corrected chi connectivity index (χ0v) is 24.9. The van der Waals surface area contributed by atoms with Crippen LogP contribution in [0.3, 0.4) is 0 Å². The lowest BCUT2D eigenvalue weighted by atomic mass is 10.0. The van der Waals surface area contributed by atoms with Gasteiger partial charge in [-0.2, -0.15) is 0 Å². The van der Waals surface area contributed by atoms with Crippen LogP contribution in [-0.4, -0.2) is 68.6 Å². The van der Waals surface area contributed by atoms with Crippen molar-refractivity contribution in [1.29, 1.82) is 0 Å². The molecule has 4 aromatic rings. The van der Waals surface area contributed by atoms with Gasteiger partial charge in [-0.05, 0) is 76.6 Å². The topological polar surface area (TPSA) is 108 Å². The highest BCUT2D eigenvalue weighted by Gasteiger charge is 2.31. The second kappa shape index (κ2) is 10.4. The summed E-state index contributed by atoms with van der Waals surface area (Å²) in [4.78, 5) is 44.6. The highest BCUT2D eigenvalue weighted by molar-refractivity contribution is 6.00. The normalized spacial score (nSPS) is 18.5. The molecular formula is C33H37N5O5. The number of aldehydes is 1. The van der Waals surface area contributed by atoms with Crippen molar-refractivity contribution in [1.82, 2.24) is 24.3 Å². The molecule has 3 aliphatic rings. The molecule has 0 radical (unpaired) electrons. The van der Waals surface area contributed by atoms with E-state index in [1.165, 1.54) is 12.8 Å². The maximum atomic E-state index is 13.8. The molecule has 1 atom stereocenters. The zero-order valence-electron chi connectivity index (χ0n) is 24.9. The summed E-state index contributed by atoms with van der Waals surface area (Å²) < 4.78 is 16.0. The Balaban J connectivity index is 1.22. The van der Waals surface area contributed by atoms with Crippen molar-refractivity contribution >= 4 is 40.2 Å². The number of rotatable bonds is 6. The number of imidazole rings is 1. The largest absolute Gasteiger partial charge is 0.489 e. The van der Waals surface area contributed by atoms with Crippen molar-refractivity contribution in [2.75, 3.05) is 19.7 Å². The molecular weight excluding hydrogens is 546 g/mol. The van der Waals surface area contributed by atoms with Crippen LogP contribution in [0.15, 0.2) is 36.4 Å². The van der Waals surface area contributed by atoms with Gasteiger partial charge in [-0.25, -0.2) is 9.78 Å². The average Bonchev–Trinajstić information content (AvgIpc) is 3.63. The molecule has 0 unspecified atom stereocenters. The molecule has 0 bridgehead atoms. The van der Waals surface area contributed by atoms with Gasteiger partial charge in [0.05, 0.1) is 17.8 Å². The summed E-state index contributed by atoms with van der Waals surface area (Å²) in [6.45, 7) is 8.53. The van der Waals surface area contributed by atoms with Crippen LogP contribution in [0.25, 0.3) is 33.5 Å². The Morgan fingerprint density at radius 2 is 1.95 bits per heavy atom. The molecule has 2 aromatic heterocycles. The number of aromatic nitrogens is 3. The van der Waals surface area contributed by atoms with Crippen LogP contribution in [0.4, 0.5) is 4.79 Å². The van der Waals surface area contributed by atoms with Gasteiger partial charge in [0.2, 0.25) is 0 Å². The molecule has 2 fully saturated rings. The van der Waals surface area contributed by atoms with Gasteiger partial charge in [-0.3, -0.25) is 9.59 Å². The number of hydrogen-bond donors (Lipinski definition) is 1. The number of carbonyl (C=O) groups excluding carboxylic acids is 3. The molecule has 10 nitrogen and oxygen atoms in total. The second-order valence-corrected chi connectivity index (χ2v) is 13.0. The summed E-state index contributed by atoms with van der Waals surface area (Å²) in [6, 6.07) is 11.5. The van der Waals surface area contributed by atoms with Gasteiger partial charge in [0.15, 0.2) is 5.82 Å². The maximum absolute atomic E-state index is 13.8. The predicted molar refractivity (Wildman–Crippen MR) is 163 cm³/mol. The van der Waals surface area contributed by atoms with Crippen molar-refractivity contribution in [3.63, 3.8) is 0 Å². The van der Waals surface area contributed by atoms with Crippen LogP contribution in [0, 0.1) is 5.92 Å². The fourth-order valence-corrected chi connectivity index (χ4v) is 6.35. The van der Waals surface area contributed by atoms with Gasteiger partial charge in [0, 0.05) is 47.7 Å². The molecule has 224 valence electrons. The standard InChI is InChI=1S/C33H37N5O5/c1-33(2,3)43-32(41)34-24-5-4-10-36(18-24)31(40)23-14-25-29-28(16-23)42-12-11-37(29)30(35-25)27-15-22-9-8-21(19-39)13-26(22)38(27)17-20-6-7-20/h8-9,13-16,19-20,24H,4-7,10-12,17-18H2,1-3H3,(H,34,41)/t24-/m1/s1. The summed E-state index contributed by atoms with van der Waals surface area (Å²) >= 11 is 0. The Morgan fingerprint density at radius 3 is 2.72 bits per heavy atom. The van der Waals surface area contributed by atoms with E-state index in [1.54, 1.807) is 4.90 Å². The summed E-state index contributed by atoms with van der Waals surface area (Å²) in [5.41, 5.74) is 4.24. The van der Waals surface area contributed by atoms with Crippen molar-refractivity contribution in [2.45, 2.75) is 71.2 Å². The fraction of sp³-hybridized carbons (Fsp3) is 0.455. The van der Waals surface area contributed by atoms with E-state index in [0.29, 0.717) is 54.6 Å². The van der Waals surface area contributed by atoms with E-state index < -0.39 is 11.7 Å². The quantitative estimate of drug-likeness (QED) is 0.305. The molecule has 1 aliphatic carbocycles. The number of carbonyl (C=O) groups is 3. The Kier molecular flexibility index (Phi) is 6.67. The second-order valence-electron chi connectivity index (χ2n) is 13.0. The number of hydrogen-bond acceptors (Lipinski definition) is 6. The third-order valence-corrected chi connectivity index (χ3v) is 8.49. The van der Waals surface area contributed by atoms with E-state index in [4.69, 9.17) is 14.5 Å². The molecule has 0 spiro atoms. The molecule has 43 heavy (non-hydrogen) atoms. The van der Waals surface area contributed by atoms with Gasteiger partial charge < -0.3 is 28.8 Å². The number of fused-ring (bicyclic) bond motifs is 1. The first-order valence-corrected chi connectivity index (χ1v) is 15.2. The lowest BCUT2D eigenvalue weighted by Gasteiger charge is -2.33. The van der Waals surface area contributed by atoms with Gasteiger partial charge >= 0.3 is 6.09 Å². The minimum Gasteiger partial charge on any atom is -0.489 e. The van der Waals surface area contributed by atoms with Gasteiger partial charge in [0.1, 0.15) is 29.8 Å². The Bertz CT molecular complexity index is 1760. The van der Waals surface area contributed by atoms with E-state index in [0.717, 1.165) is 53.6 Å². The van der Waals surface area contributed by atoms with Crippen molar-refractivity contribution in [2.24, 2.45) is 5.92 Å². The Labute approximate surface area is 249 Å². The Morgan fingerprint density at radius 1 is 1.12 bits per heavy atom. The molecule has 2 aliphatic heterocycles. The number of alkyl carbamates (subject to hydrolysis) is 1. The van der Waals surface area contributed by atoms with Crippen LogP contribution < -0.4 is 10.1 Å². The fourth-order valence-electron chi connectivity index (χ4n) is 6.35. The monoisotopic (exact) mass is 583 g/mol. The molecule has 1 saturated carbocycles. The summed E-state index contributed by atoms with van der Waals surface area (Å²) in [6.07, 6.45) is 4.40. The third kappa shape index (κ3) is 5.34. The SMILES string of the molecule is CC(C)(C)OC(=O)N[C@@H]1CCCN(C(=O)c2cc3c4c(c2)nc(-c2cc5ccc(C=O)cc5n2CC2CC2)n4CCO3)C1. The van der Waals surface area contributed by atoms with Crippen LogP contribution in [0.1, 0.15) is 67.2 Å². The van der Waals surface area contributed by atoms with Crippen molar-refractivity contribution in [3.05, 3.63) is 47.5 Å². The number of likely N-dealkylation sites (tertiary alicyclic amines) is 1. The van der Waals surface area contributed by atoms with Gasteiger partial charge in [-0.1, -0.05) is 12.1 Å². The highest BCUT2D eigenvalue weighted by atomic mass is 16.6. The lowest BCUT2D eigenvalue weighted by molar-refractivity contribution is 0.0452. The first-order valence-electron chi connectivity index (χ1n) is 15.2. The minimum atomic E-state index is -0.585. The van der Waals surface area contributed by atoms with E-state index in [1.807, 2.05) is 51.1 Å². The number of benzene rings is 2. The third-order valence-electron chi connectivity index (χ3n) is 8.49. The molecule has 2 aromatic carbocycles. The van der Waals surface area contributed by atoms with Crippen LogP contribution in [-0.2, 0) is 17.8 Å². The average molecular weight is 584 g/mol. The smallest absolute Gasteiger partial charge is 0.407 e. The molecule has 2 amide bonds. The molecule has 1 N–H and O–H groups in total. The summed E-state index contributed by atoms with van der Waals surface area (Å²) in [5.74, 6) is 2.01. The molecule has 10 heteroatoms. The van der Waals surface area contributed by atoms with Crippen LogP contribution in [0.5, 0.6) is 5.75 Å². The van der Waals surface area contributed by atoms with Crippen molar-refractivity contribution in [3.8, 4) is 17.3 Å². The Hall–Kier alpha value is -4.34. The van der Waals surface area contributed by atoms with Crippen LogP contribution in [0.2, 0.25) is 0 Å².